The minimum Gasteiger partial charge on any atom is -0.353 e. The molecule has 7 nitrogen and oxygen atoms in total. The number of aromatic nitrogens is 4. The van der Waals surface area contributed by atoms with Gasteiger partial charge in [-0.3, -0.25) is 13.9 Å². The molecule has 0 spiro atoms. The minimum atomic E-state index is -0.405. The Morgan fingerprint density at radius 2 is 1.85 bits per heavy atom. The van der Waals surface area contributed by atoms with Crippen molar-refractivity contribution < 1.29 is 0 Å². The van der Waals surface area contributed by atoms with E-state index in [2.05, 4.69) is 10.3 Å². The average molecular weight is 388 g/mol. The van der Waals surface area contributed by atoms with Gasteiger partial charge in [0.05, 0.1) is 6.54 Å². The molecule has 0 saturated heterocycles. The Balaban J connectivity index is 1.84. The molecule has 8 heteroatoms. The maximum Gasteiger partial charge on any atom is 0.332 e. The summed E-state index contributed by atoms with van der Waals surface area (Å²) in [7, 11) is 3.44. The lowest BCUT2D eigenvalue weighted by molar-refractivity contribution is 0.655. The van der Waals surface area contributed by atoms with Crippen molar-refractivity contribution in [2.45, 2.75) is 38.3 Å². The maximum absolute atomic E-state index is 13.1. The Bertz CT molecular complexity index is 1120. The van der Waals surface area contributed by atoms with Crippen LogP contribution in [-0.4, -0.2) is 24.7 Å². The topological polar surface area (TPSA) is 73.8 Å². The van der Waals surface area contributed by atoms with Crippen molar-refractivity contribution >= 4 is 28.7 Å². The van der Waals surface area contributed by atoms with Gasteiger partial charge in [-0.1, -0.05) is 42.6 Å². The first-order valence-electron chi connectivity index (χ1n) is 9.13. The van der Waals surface area contributed by atoms with Crippen molar-refractivity contribution in [3.05, 3.63) is 55.7 Å². The van der Waals surface area contributed by atoms with E-state index in [1.807, 2.05) is 18.2 Å². The zero-order chi connectivity index (χ0) is 19.1. The Morgan fingerprint density at radius 3 is 2.56 bits per heavy atom. The van der Waals surface area contributed by atoms with E-state index in [9.17, 15) is 9.59 Å². The van der Waals surface area contributed by atoms with Crippen LogP contribution in [0.1, 0.15) is 31.2 Å². The monoisotopic (exact) mass is 387 g/mol. The summed E-state index contributed by atoms with van der Waals surface area (Å²) in [5, 5.41) is 3.95. The molecule has 0 bridgehead atoms. The fraction of sp³-hybridized carbons (Fsp3) is 0.421. The lowest BCUT2D eigenvalue weighted by Crippen LogP contribution is -2.39. The van der Waals surface area contributed by atoms with Gasteiger partial charge >= 0.3 is 5.69 Å². The van der Waals surface area contributed by atoms with Gasteiger partial charge in [0.2, 0.25) is 5.95 Å². The molecule has 1 aliphatic rings. The quantitative estimate of drug-likeness (QED) is 0.746. The summed E-state index contributed by atoms with van der Waals surface area (Å²) in [4.78, 5) is 30.4. The van der Waals surface area contributed by atoms with E-state index in [0.717, 1.165) is 18.4 Å². The molecule has 2 heterocycles. The Hall–Kier alpha value is -2.54. The van der Waals surface area contributed by atoms with Gasteiger partial charge in [0.15, 0.2) is 11.2 Å². The highest BCUT2D eigenvalue weighted by Gasteiger charge is 2.22. The summed E-state index contributed by atoms with van der Waals surface area (Å²) in [6.45, 7) is 0.123. The second-order valence-corrected chi connectivity index (χ2v) is 7.52. The van der Waals surface area contributed by atoms with Crippen LogP contribution in [0.15, 0.2) is 33.9 Å². The predicted octanol–water partition coefficient (Wildman–Crippen LogP) is 2.49. The lowest BCUT2D eigenvalue weighted by Gasteiger charge is -2.12. The third-order valence-corrected chi connectivity index (χ3v) is 5.70. The van der Waals surface area contributed by atoms with Crippen LogP contribution in [0.5, 0.6) is 0 Å². The van der Waals surface area contributed by atoms with Crippen molar-refractivity contribution in [2.24, 2.45) is 14.1 Å². The van der Waals surface area contributed by atoms with Crippen LogP contribution in [0.3, 0.4) is 0 Å². The molecular weight excluding hydrogens is 366 g/mol. The third-order valence-electron chi connectivity index (χ3n) is 5.33. The number of hydrogen-bond acceptors (Lipinski definition) is 4. The number of imidazole rings is 1. The molecule has 1 fully saturated rings. The number of nitrogens with one attached hydrogen (secondary N) is 1. The molecule has 3 aromatic rings. The van der Waals surface area contributed by atoms with Crippen LogP contribution >= 0.6 is 11.6 Å². The number of hydrogen-bond donors (Lipinski definition) is 1. The number of nitrogens with zero attached hydrogens (tertiary/aromatic N) is 4. The predicted molar refractivity (Wildman–Crippen MR) is 107 cm³/mol. The number of halogens is 1. The van der Waals surface area contributed by atoms with Crippen LogP contribution in [0.25, 0.3) is 11.2 Å². The summed E-state index contributed by atoms with van der Waals surface area (Å²) in [6.07, 6.45) is 4.59. The molecule has 0 amide bonds. The normalized spacial score (nSPS) is 14.9. The van der Waals surface area contributed by atoms with Crippen molar-refractivity contribution in [3.8, 4) is 0 Å². The molecule has 0 atom stereocenters. The standard InChI is InChI=1S/C19H22ClN5O2/c1-23-15-16(22-18(23)21-13-8-4-5-9-13)24(2)19(27)25(17(15)26)11-12-7-3-6-10-14(12)20/h3,6-7,10,13H,4-5,8-9,11H2,1-2H3,(H,21,22). The summed E-state index contributed by atoms with van der Waals surface area (Å²) in [5.41, 5.74) is 0.762. The first kappa shape index (κ1) is 17.9. The fourth-order valence-electron chi connectivity index (χ4n) is 3.76. The van der Waals surface area contributed by atoms with E-state index >= 15 is 0 Å². The average Bonchev–Trinajstić information content (AvgIpc) is 3.27. The first-order chi connectivity index (χ1) is 13.0. The van der Waals surface area contributed by atoms with Crippen molar-refractivity contribution in [1.82, 2.24) is 18.7 Å². The molecule has 1 saturated carbocycles. The third kappa shape index (κ3) is 3.06. The number of rotatable bonds is 4. The van der Waals surface area contributed by atoms with E-state index in [1.165, 1.54) is 22.0 Å². The van der Waals surface area contributed by atoms with Gasteiger partial charge in [-0.15, -0.1) is 0 Å². The van der Waals surface area contributed by atoms with Gasteiger partial charge in [0, 0.05) is 25.2 Å². The van der Waals surface area contributed by atoms with E-state index in [4.69, 9.17) is 11.6 Å². The largest absolute Gasteiger partial charge is 0.353 e. The van der Waals surface area contributed by atoms with E-state index in [-0.39, 0.29) is 12.1 Å². The smallest absolute Gasteiger partial charge is 0.332 e. The first-order valence-corrected chi connectivity index (χ1v) is 9.51. The molecule has 2 aromatic heterocycles. The molecule has 4 rings (SSSR count). The Labute approximate surface area is 161 Å². The molecule has 142 valence electrons. The molecule has 0 radical (unpaired) electrons. The van der Waals surface area contributed by atoms with Crippen molar-refractivity contribution in [2.75, 3.05) is 5.32 Å². The van der Waals surface area contributed by atoms with Crippen LogP contribution in [0, 0.1) is 0 Å². The van der Waals surface area contributed by atoms with Gasteiger partial charge in [0.25, 0.3) is 5.56 Å². The second kappa shape index (κ2) is 6.88. The molecular formula is C19H22ClN5O2. The van der Waals surface area contributed by atoms with Gasteiger partial charge in [-0.2, -0.15) is 4.98 Å². The number of benzene rings is 1. The molecule has 1 aliphatic carbocycles. The van der Waals surface area contributed by atoms with E-state index in [0.29, 0.717) is 28.2 Å². The minimum absolute atomic E-state index is 0.123. The van der Waals surface area contributed by atoms with Gasteiger partial charge in [-0.25, -0.2) is 4.79 Å². The molecule has 0 aliphatic heterocycles. The molecule has 0 unspecified atom stereocenters. The number of anilines is 1. The van der Waals surface area contributed by atoms with Crippen LogP contribution in [-0.2, 0) is 20.6 Å². The Kier molecular flexibility index (Phi) is 4.55. The van der Waals surface area contributed by atoms with Crippen LogP contribution in [0.4, 0.5) is 5.95 Å². The molecule has 1 aromatic carbocycles. The number of fused-ring (bicyclic) bond motifs is 1. The number of aryl methyl sites for hydroxylation is 2. The zero-order valence-electron chi connectivity index (χ0n) is 15.4. The van der Waals surface area contributed by atoms with Crippen LogP contribution < -0.4 is 16.6 Å². The van der Waals surface area contributed by atoms with E-state index < -0.39 is 5.69 Å². The highest BCUT2D eigenvalue weighted by Crippen LogP contribution is 2.23. The molecule has 27 heavy (non-hydrogen) atoms. The lowest BCUT2D eigenvalue weighted by atomic mass is 10.2. The summed E-state index contributed by atoms with van der Waals surface area (Å²) < 4.78 is 4.39. The second-order valence-electron chi connectivity index (χ2n) is 7.12. The zero-order valence-corrected chi connectivity index (χ0v) is 16.2. The van der Waals surface area contributed by atoms with Gasteiger partial charge < -0.3 is 9.88 Å². The van der Waals surface area contributed by atoms with E-state index in [1.54, 1.807) is 24.7 Å². The summed E-state index contributed by atoms with van der Waals surface area (Å²) >= 11 is 6.22. The van der Waals surface area contributed by atoms with Crippen molar-refractivity contribution in [3.63, 3.8) is 0 Å². The Morgan fingerprint density at radius 1 is 1.15 bits per heavy atom. The SMILES string of the molecule is Cn1c(NC2CCCC2)nc2c1c(=O)n(Cc1ccccc1Cl)c(=O)n2C. The summed E-state index contributed by atoms with van der Waals surface area (Å²) in [6, 6.07) is 7.58. The van der Waals surface area contributed by atoms with Gasteiger partial charge in [-0.05, 0) is 24.5 Å². The highest BCUT2D eigenvalue weighted by molar-refractivity contribution is 6.31. The molecule has 1 N–H and O–H groups in total. The summed E-state index contributed by atoms with van der Waals surface area (Å²) in [5.74, 6) is 0.625. The van der Waals surface area contributed by atoms with Gasteiger partial charge in [0.1, 0.15) is 0 Å². The maximum atomic E-state index is 13.1. The van der Waals surface area contributed by atoms with Crippen molar-refractivity contribution in [1.29, 1.82) is 0 Å². The van der Waals surface area contributed by atoms with Crippen LogP contribution in [0.2, 0.25) is 5.02 Å². The highest BCUT2D eigenvalue weighted by atomic mass is 35.5. The fourth-order valence-corrected chi connectivity index (χ4v) is 3.96.